The topological polar surface area (TPSA) is 49.8 Å². The van der Waals surface area contributed by atoms with Crippen LogP contribution in [0.1, 0.15) is 49.8 Å². The quantitative estimate of drug-likeness (QED) is 0.798. The second-order valence-electron chi connectivity index (χ2n) is 3.84. The zero-order chi connectivity index (χ0) is 11.1. The van der Waals surface area contributed by atoms with Crippen molar-refractivity contribution in [3.63, 3.8) is 0 Å². The van der Waals surface area contributed by atoms with Gasteiger partial charge in [-0.05, 0) is 24.1 Å². The van der Waals surface area contributed by atoms with E-state index in [0.717, 1.165) is 12.0 Å². The summed E-state index contributed by atoms with van der Waals surface area (Å²) in [7, 11) is 0. The predicted molar refractivity (Wildman–Crippen MR) is 69.5 cm³/mol. The van der Waals surface area contributed by atoms with E-state index in [4.69, 9.17) is 11.0 Å². The highest BCUT2D eigenvalue weighted by Gasteiger charge is 2.04. The van der Waals surface area contributed by atoms with Gasteiger partial charge in [-0.1, -0.05) is 38.3 Å². The van der Waals surface area contributed by atoms with Crippen LogP contribution in [0.5, 0.6) is 0 Å². The minimum Gasteiger partial charge on any atom is -0.324 e. The lowest BCUT2D eigenvalue weighted by molar-refractivity contribution is 0.581. The average molecular weight is 239 g/mol. The molecule has 0 unspecified atom stereocenters. The van der Waals surface area contributed by atoms with Crippen molar-refractivity contribution in [3.8, 4) is 6.07 Å². The van der Waals surface area contributed by atoms with E-state index in [1.807, 2.05) is 24.3 Å². The number of nitrogens with two attached hydrogens (primary N) is 1. The summed E-state index contributed by atoms with van der Waals surface area (Å²) in [5.74, 6) is 0. The van der Waals surface area contributed by atoms with Crippen molar-refractivity contribution in [2.24, 2.45) is 5.73 Å². The Labute approximate surface area is 104 Å². The van der Waals surface area contributed by atoms with Crippen molar-refractivity contribution >= 4 is 12.4 Å². The van der Waals surface area contributed by atoms with Crippen molar-refractivity contribution in [3.05, 3.63) is 35.4 Å². The summed E-state index contributed by atoms with van der Waals surface area (Å²) < 4.78 is 0. The highest BCUT2D eigenvalue weighted by molar-refractivity contribution is 5.85. The minimum absolute atomic E-state index is 0. The standard InChI is InChI=1S/C13H18N2.ClH/c1-2-3-4-5-13(15)12-8-6-11(10-14)7-9-12;/h6-9,13H,2-5,15H2,1H3;1H/t13-;/m0./s1. The lowest BCUT2D eigenvalue weighted by atomic mass is 10.0. The Kier molecular flexibility index (Phi) is 7.62. The van der Waals surface area contributed by atoms with Crippen LogP contribution in [0.3, 0.4) is 0 Å². The summed E-state index contributed by atoms with van der Waals surface area (Å²) in [5, 5.41) is 8.66. The van der Waals surface area contributed by atoms with Crippen LogP contribution < -0.4 is 5.73 Å². The molecule has 0 fully saturated rings. The summed E-state index contributed by atoms with van der Waals surface area (Å²) in [5.41, 5.74) is 7.87. The molecule has 0 aliphatic heterocycles. The van der Waals surface area contributed by atoms with Gasteiger partial charge in [-0.15, -0.1) is 12.4 Å². The van der Waals surface area contributed by atoms with Gasteiger partial charge < -0.3 is 5.73 Å². The van der Waals surface area contributed by atoms with Crippen LogP contribution in [0.4, 0.5) is 0 Å². The van der Waals surface area contributed by atoms with Gasteiger partial charge in [-0.2, -0.15) is 5.26 Å². The SMILES string of the molecule is CCCCC[C@H](N)c1ccc(C#N)cc1.Cl. The summed E-state index contributed by atoms with van der Waals surface area (Å²) in [6.45, 7) is 2.19. The molecule has 2 N–H and O–H groups in total. The molecule has 0 saturated carbocycles. The molecule has 0 aromatic heterocycles. The van der Waals surface area contributed by atoms with Crippen LogP contribution in [-0.2, 0) is 0 Å². The van der Waals surface area contributed by atoms with E-state index in [0.29, 0.717) is 5.56 Å². The van der Waals surface area contributed by atoms with Gasteiger partial charge in [0.05, 0.1) is 11.6 Å². The molecule has 1 atom stereocenters. The zero-order valence-corrected chi connectivity index (χ0v) is 10.5. The third-order valence-electron chi connectivity index (χ3n) is 2.59. The Morgan fingerprint density at radius 2 is 1.88 bits per heavy atom. The number of halogens is 1. The number of hydrogen-bond donors (Lipinski definition) is 1. The van der Waals surface area contributed by atoms with Crippen LogP contribution in [0.25, 0.3) is 0 Å². The van der Waals surface area contributed by atoms with E-state index in [1.54, 1.807) is 0 Å². The second kappa shape index (κ2) is 8.15. The molecule has 0 bridgehead atoms. The maximum Gasteiger partial charge on any atom is 0.0991 e. The minimum atomic E-state index is 0. The van der Waals surface area contributed by atoms with Gasteiger partial charge in [0.2, 0.25) is 0 Å². The normalized spacial score (nSPS) is 11.3. The first kappa shape index (κ1) is 15.0. The number of rotatable bonds is 5. The Bertz CT molecular complexity index is 327. The third-order valence-corrected chi connectivity index (χ3v) is 2.59. The van der Waals surface area contributed by atoms with E-state index in [9.17, 15) is 0 Å². The lowest BCUT2D eigenvalue weighted by Crippen LogP contribution is -2.09. The van der Waals surface area contributed by atoms with Gasteiger partial charge in [0.15, 0.2) is 0 Å². The van der Waals surface area contributed by atoms with E-state index >= 15 is 0 Å². The fourth-order valence-corrected chi connectivity index (χ4v) is 1.59. The molecule has 1 aromatic rings. The fourth-order valence-electron chi connectivity index (χ4n) is 1.59. The van der Waals surface area contributed by atoms with Gasteiger partial charge in [-0.3, -0.25) is 0 Å². The number of nitriles is 1. The molecule has 0 heterocycles. The highest BCUT2D eigenvalue weighted by atomic mass is 35.5. The molecule has 0 spiro atoms. The van der Waals surface area contributed by atoms with Gasteiger partial charge in [-0.25, -0.2) is 0 Å². The maximum absolute atomic E-state index is 8.66. The van der Waals surface area contributed by atoms with E-state index in [-0.39, 0.29) is 18.4 Å². The summed E-state index contributed by atoms with van der Waals surface area (Å²) in [6.07, 6.45) is 4.67. The first-order valence-electron chi connectivity index (χ1n) is 5.53. The molecule has 0 amide bonds. The first-order valence-corrected chi connectivity index (χ1v) is 5.53. The molecule has 0 aliphatic carbocycles. The molecule has 2 nitrogen and oxygen atoms in total. The second-order valence-corrected chi connectivity index (χ2v) is 3.84. The van der Waals surface area contributed by atoms with Crippen molar-refractivity contribution < 1.29 is 0 Å². The molecule has 1 rings (SSSR count). The van der Waals surface area contributed by atoms with Crippen LogP contribution in [0, 0.1) is 11.3 Å². The smallest absolute Gasteiger partial charge is 0.0991 e. The van der Waals surface area contributed by atoms with Crippen LogP contribution in [-0.4, -0.2) is 0 Å². The Balaban J connectivity index is 0.00000225. The van der Waals surface area contributed by atoms with Crippen molar-refractivity contribution in [2.45, 2.75) is 38.6 Å². The van der Waals surface area contributed by atoms with Gasteiger partial charge >= 0.3 is 0 Å². The highest BCUT2D eigenvalue weighted by Crippen LogP contribution is 2.17. The van der Waals surface area contributed by atoms with Crippen molar-refractivity contribution in [1.82, 2.24) is 0 Å². The molecular weight excluding hydrogens is 220 g/mol. The summed E-state index contributed by atoms with van der Waals surface area (Å²) >= 11 is 0. The van der Waals surface area contributed by atoms with Crippen molar-refractivity contribution in [1.29, 1.82) is 5.26 Å². The number of hydrogen-bond acceptors (Lipinski definition) is 2. The Morgan fingerprint density at radius 3 is 2.38 bits per heavy atom. The molecule has 0 radical (unpaired) electrons. The van der Waals surface area contributed by atoms with Crippen molar-refractivity contribution in [2.75, 3.05) is 0 Å². The van der Waals surface area contributed by atoms with Gasteiger partial charge in [0.25, 0.3) is 0 Å². The number of benzene rings is 1. The Morgan fingerprint density at radius 1 is 1.25 bits per heavy atom. The zero-order valence-electron chi connectivity index (χ0n) is 9.65. The van der Waals surface area contributed by atoms with Crippen LogP contribution in [0.2, 0.25) is 0 Å². The molecule has 3 heteroatoms. The maximum atomic E-state index is 8.66. The van der Waals surface area contributed by atoms with Crippen LogP contribution >= 0.6 is 12.4 Å². The predicted octanol–water partition coefficient (Wildman–Crippen LogP) is 3.56. The molecular formula is C13H19ClN2. The number of unbranched alkanes of at least 4 members (excludes halogenated alkanes) is 2. The third kappa shape index (κ3) is 4.65. The monoisotopic (exact) mass is 238 g/mol. The Hall–Kier alpha value is -1.04. The van der Waals surface area contributed by atoms with Crippen LogP contribution in [0.15, 0.2) is 24.3 Å². The molecule has 1 aromatic carbocycles. The van der Waals surface area contributed by atoms with E-state index in [1.165, 1.54) is 19.3 Å². The lowest BCUT2D eigenvalue weighted by Gasteiger charge is -2.11. The largest absolute Gasteiger partial charge is 0.324 e. The summed E-state index contributed by atoms with van der Waals surface area (Å²) in [6, 6.07) is 9.78. The number of nitrogens with zero attached hydrogens (tertiary/aromatic N) is 1. The van der Waals surface area contributed by atoms with E-state index < -0.39 is 0 Å². The summed E-state index contributed by atoms with van der Waals surface area (Å²) in [4.78, 5) is 0. The molecule has 0 saturated heterocycles. The van der Waals surface area contributed by atoms with Gasteiger partial charge in [0.1, 0.15) is 0 Å². The van der Waals surface area contributed by atoms with Gasteiger partial charge in [0, 0.05) is 6.04 Å². The molecule has 16 heavy (non-hydrogen) atoms. The first-order chi connectivity index (χ1) is 7.27. The average Bonchev–Trinajstić information content (AvgIpc) is 2.29. The fraction of sp³-hybridized carbons (Fsp3) is 0.462. The molecule has 0 aliphatic rings. The van der Waals surface area contributed by atoms with E-state index in [2.05, 4.69) is 13.0 Å². The molecule has 88 valence electrons.